The summed E-state index contributed by atoms with van der Waals surface area (Å²) in [7, 11) is 4.07. The van der Waals surface area contributed by atoms with E-state index in [0.29, 0.717) is 12.8 Å². The van der Waals surface area contributed by atoms with Gasteiger partial charge in [0.2, 0.25) is 5.91 Å². The summed E-state index contributed by atoms with van der Waals surface area (Å²) in [6.07, 6.45) is 2.19. The highest BCUT2D eigenvalue weighted by Gasteiger charge is 2.14. The Balaban J connectivity index is 1.76. The normalized spacial score (nSPS) is 14.9. The van der Waals surface area contributed by atoms with Crippen molar-refractivity contribution in [1.82, 2.24) is 10.2 Å². The highest BCUT2D eigenvalue weighted by atomic mass is 16.5. The van der Waals surface area contributed by atoms with Crippen molar-refractivity contribution in [2.45, 2.75) is 19.3 Å². The summed E-state index contributed by atoms with van der Waals surface area (Å²) in [5, 5.41) is 2.97. The second kappa shape index (κ2) is 9.49. The van der Waals surface area contributed by atoms with Gasteiger partial charge in [-0.15, -0.1) is 0 Å². The van der Waals surface area contributed by atoms with Crippen LogP contribution in [0.5, 0.6) is 0 Å². The van der Waals surface area contributed by atoms with E-state index in [9.17, 15) is 4.79 Å². The number of ether oxygens (including phenoxy) is 1. The van der Waals surface area contributed by atoms with Crippen LogP contribution in [0.1, 0.15) is 18.4 Å². The fourth-order valence-corrected chi connectivity index (χ4v) is 2.82. The number of benzene rings is 1. The van der Waals surface area contributed by atoms with Gasteiger partial charge in [-0.05, 0) is 51.2 Å². The van der Waals surface area contributed by atoms with Gasteiger partial charge in [-0.3, -0.25) is 4.79 Å². The van der Waals surface area contributed by atoms with E-state index in [-0.39, 0.29) is 5.91 Å². The minimum absolute atomic E-state index is 0.101. The largest absolute Gasteiger partial charge is 0.397 e. The molecule has 0 aromatic heterocycles. The Morgan fingerprint density at radius 2 is 2.08 bits per heavy atom. The van der Waals surface area contributed by atoms with Crippen LogP contribution in [0.15, 0.2) is 18.2 Å². The van der Waals surface area contributed by atoms with Crippen LogP contribution in [0.3, 0.4) is 0 Å². The van der Waals surface area contributed by atoms with E-state index in [0.717, 1.165) is 62.8 Å². The Hall–Kier alpha value is -1.79. The fourth-order valence-electron chi connectivity index (χ4n) is 2.82. The van der Waals surface area contributed by atoms with E-state index < -0.39 is 0 Å². The van der Waals surface area contributed by atoms with E-state index in [1.165, 1.54) is 0 Å². The topological polar surface area (TPSA) is 70.8 Å². The lowest BCUT2D eigenvalue weighted by atomic mass is 10.1. The van der Waals surface area contributed by atoms with Gasteiger partial charge in [0.15, 0.2) is 0 Å². The number of carbonyl (C=O) groups is 1. The minimum Gasteiger partial charge on any atom is -0.397 e. The molecule has 1 amide bonds. The van der Waals surface area contributed by atoms with E-state index >= 15 is 0 Å². The molecule has 6 nitrogen and oxygen atoms in total. The molecule has 1 heterocycles. The molecule has 0 bridgehead atoms. The van der Waals surface area contributed by atoms with E-state index in [4.69, 9.17) is 10.5 Å². The predicted octanol–water partition coefficient (Wildman–Crippen LogP) is 1.11. The van der Waals surface area contributed by atoms with E-state index in [2.05, 4.69) is 27.2 Å². The monoisotopic (exact) mass is 334 g/mol. The first-order valence-electron chi connectivity index (χ1n) is 8.69. The van der Waals surface area contributed by atoms with Crippen molar-refractivity contribution in [2.24, 2.45) is 0 Å². The molecule has 1 aromatic carbocycles. The van der Waals surface area contributed by atoms with Crippen molar-refractivity contribution < 1.29 is 9.53 Å². The lowest BCUT2D eigenvalue weighted by Gasteiger charge is -2.30. The maximum Gasteiger partial charge on any atom is 0.220 e. The Kier molecular flexibility index (Phi) is 7.34. The summed E-state index contributed by atoms with van der Waals surface area (Å²) >= 11 is 0. The van der Waals surface area contributed by atoms with Crippen LogP contribution in [0.4, 0.5) is 11.4 Å². The molecule has 0 atom stereocenters. The number of amides is 1. The number of hydrogen-bond acceptors (Lipinski definition) is 5. The number of carbonyl (C=O) groups excluding carboxylic acids is 1. The average molecular weight is 334 g/mol. The molecule has 24 heavy (non-hydrogen) atoms. The number of nitrogens with two attached hydrogens (primary N) is 1. The molecule has 1 aromatic rings. The van der Waals surface area contributed by atoms with Crippen molar-refractivity contribution in [3.8, 4) is 0 Å². The van der Waals surface area contributed by atoms with Gasteiger partial charge in [-0.2, -0.15) is 0 Å². The number of anilines is 2. The number of nitrogens with one attached hydrogen (secondary N) is 1. The third kappa shape index (κ3) is 6.02. The van der Waals surface area contributed by atoms with E-state index in [1.807, 2.05) is 20.2 Å². The summed E-state index contributed by atoms with van der Waals surface area (Å²) < 4.78 is 5.37. The first-order valence-corrected chi connectivity index (χ1v) is 8.69. The Morgan fingerprint density at radius 3 is 2.75 bits per heavy atom. The Labute approximate surface area is 144 Å². The molecule has 1 saturated heterocycles. The zero-order valence-corrected chi connectivity index (χ0v) is 14.9. The van der Waals surface area contributed by atoms with Gasteiger partial charge < -0.3 is 25.6 Å². The minimum atomic E-state index is 0.101. The van der Waals surface area contributed by atoms with Crippen molar-refractivity contribution in [3.63, 3.8) is 0 Å². The fraction of sp³-hybridized carbons (Fsp3) is 0.611. The summed E-state index contributed by atoms with van der Waals surface area (Å²) in [5.41, 5.74) is 9.15. The van der Waals surface area contributed by atoms with Crippen LogP contribution in [-0.2, 0) is 16.0 Å². The smallest absolute Gasteiger partial charge is 0.220 e. The van der Waals surface area contributed by atoms with Gasteiger partial charge in [-0.25, -0.2) is 0 Å². The quantitative estimate of drug-likeness (QED) is 0.550. The third-order valence-corrected chi connectivity index (χ3v) is 4.19. The lowest BCUT2D eigenvalue weighted by Crippen LogP contribution is -2.36. The van der Waals surface area contributed by atoms with Crippen LogP contribution in [0.25, 0.3) is 0 Å². The summed E-state index contributed by atoms with van der Waals surface area (Å²) in [6.45, 7) is 4.96. The molecule has 134 valence electrons. The van der Waals surface area contributed by atoms with Gasteiger partial charge in [0.25, 0.3) is 0 Å². The number of nitrogens with zero attached hydrogens (tertiary/aromatic N) is 2. The molecule has 0 radical (unpaired) electrons. The van der Waals surface area contributed by atoms with Crippen LogP contribution >= 0.6 is 0 Å². The molecule has 0 aliphatic carbocycles. The molecule has 1 fully saturated rings. The van der Waals surface area contributed by atoms with Crippen molar-refractivity contribution in [3.05, 3.63) is 23.8 Å². The second-order valence-electron chi connectivity index (χ2n) is 6.50. The highest BCUT2D eigenvalue weighted by Crippen LogP contribution is 2.25. The molecule has 1 aliphatic heterocycles. The summed E-state index contributed by atoms with van der Waals surface area (Å²) in [5.74, 6) is 0.101. The van der Waals surface area contributed by atoms with Gasteiger partial charge >= 0.3 is 0 Å². The summed E-state index contributed by atoms with van der Waals surface area (Å²) in [4.78, 5) is 16.2. The molecular weight excluding hydrogens is 304 g/mol. The van der Waals surface area contributed by atoms with Crippen molar-refractivity contribution in [2.75, 3.05) is 64.1 Å². The number of hydrogen-bond donors (Lipinski definition) is 2. The molecule has 0 saturated carbocycles. The first-order chi connectivity index (χ1) is 11.6. The predicted molar refractivity (Wildman–Crippen MR) is 98.4 cm³/mol. The van der Waals surface area contributed by atoms with Crippen LogP contribution in [0, 0.1) is 0 Å². The van der Waals surface area contributed by atoms with Crippen molar-refractivity contribution in [1.29, 1.82) is 0 Å². The number of aryl methyl sites for hydroxylation is 1. The number of morpholine rings is 1. The average Bonchev–Trinajstić information content (AvgIpc) is 2.57. The Bertz CT molecular complexity index is 528. The third-order valence-electron chi connectivity index (χ3n) is 4.19. The van der Waals surface area contributed by atoms with Gasteiger partial charge in [0.1, 0.15) is 0 Å². The molecule has 0 spiro atoms. The molecule has 1 aliphatic rings. The SMILES string of the molecule is CN(C)CCCNC(=O)CCc1ccc(N2CCOCC2)c(N)c1. The van der Waals surface area contributed by atoms with E-state index in [1.54, 1.807) is 0 Å². The standard InChI is InChI=1S/C18H30N4O2/c1-21(2)9-3-8-20-18(23)7-5-15-4-6-17(16(19)14-15)22-10-12-24-13-11-22/h4,6,14H,3,5,7-13,19H2,1-2H3,(H,20,23). The van der Waals surface area contributed by atoms with Gasteiger partial charge in [-0.1, -0.05) is 6.07 Å². The molecular formula is C18H30N4O2. The van der Waals surface area contributed by atoms with Crippen LogP contribution in [0.2, 0.25) is 0 Å². The highest BCUT2D eigenvalue weighted by molar-refractivity contribution is 5.76. The lowest BCUT2D eigenvalue weighted by molar-refractivity contribution is -0.121. The maximum atomic E-state index is 11.9. The zero-order chi connectivity index (χ0) is 17.4. The zero-order valence-electron chi connectivity index (χ0n) is 14.9. The molecule has 3 N–H and O–H groups in total. The van der Waals surface area contributed by atoms with Gasteiger partial charge in [0, 0.05) is 26.1 Å². The molecule has 2 rings (SSSR count). The molecule has 6 heteroatoms. The summed E-state index contributed by atoms with van der Waals surface area (Å²) in [6, 6.07) is 6.12. The van der Waals surface area contributed by atoms with Crippen LogP contribution in [-0.4, -0.2) is 64.3 Å². The maximum absolute atomic E-state index is 11.9. The number of rotatable bonds is 8. The molecule has 0 unspecified atom stereocenters. The van der Waals surface area contributed by atoms with Gasteiger partial charge in [0.05, 0.1) is 24.6 Å². The van der Waals surface area contributed by atoms with Crippen LogP contribution < -0.4 is 16.0 Å². The number of nitrogen functional groups attached to an aromatic ring is 1. The van der Waals surface area contributed by atoms with Crippen molar-refractivity contribution >= 4 is 17.3 Å². The Morgan fingerprint density at radius 1 is 1.33 bits per heavy atom. The second-order valence-corrected chi connectivity index (χ2v) is 6.50. The first kappa shape index (κ1) is 18.5.